The van der Waals surface area contributed by atoms with Crippen LogP contribution in [0.15, 0.2) is 0 Å². The van der Waals surface area contributed by atoms with E-state index in [1.165, 1.54) is 0 Å². The molecular weight excluding hydrogens is 162 g/mol. The molecule has 0 saturated heterocycles. The second kappa shape index (κ2) is 3.68. The van der Waals surface area contributed by atoms with Gasteiger partial charge in [0.25, 0.3) is 0 Å². The summed E-state index contributed by atoms with van der Waals surface area (Å²) in [7, 11) is 0. The molecule has 6 N–H and O–H groups in total. The van der Waals surface area contributed by atoms with Crippen molar-refractivity contribution in [3.8, 4) is 0 Å². The maximum Gasteiger partial charge on any atom is 0.0978 e. The average Bonchev–Trinajstić information content (AvgIpc) is 2.08. The molecule has 0 radical (unpaired) electrons. The highest BCUT2D eigenvalue weighted by Crippen LogP contribution is 2.24. The highest BCUT2D eigenvalue weighted by atomic mass is 16.3. The lowest BCUT2D eigenvalue weighted by atomic mass is 9.80. The summed E-state index contributed by atoms with van der Waals surface area (Å²) < 4.78 is 0. The van der Waals surface area contributed by atoms with Crippen molar-refractivity contribution in [1.29, 1.82) is 0 Å². The summed E-state index contributed by atoms with van der Waals surface area (Å²) in [5, 5.41) is 36.6. The zero-order chi connectivity index (χ0) is 9.30. The van der Waals surface area contributed by atoms with Gasteiger partial charge in [-0.25, -0.2) is 0 Å². The Morgan fingerprint density at radius 2 is 1.75 bits per heavy atom. The Morgan fingerprint density at radius 3 is 2.25 bits per heavy atom. The first-order valence-corrected chi connectivity index (χ1v) is 3.98. The highest BCUT2D eigenvalue weighted by Gasteiger charge is 2.40. The first-order chi connectivity index (χ1) is 5.57. The van der Waals surface area contributed by atoms with Gasteiger partial charge in [-0.15, -0.1) is 0 Å². The summed E-state index contributed by atoms with van der Waals surface area (Å²) in [6.45, 7) is -0.248. The molecule has 0 aromatic heterocycles. The van der Waals surface area contributed by atoms with E-state index in [4.69, 9.17) is 10.8 Å². The van der Waals surface area contributed by atoms with Crippen LogP contribution in [0.4, 0.5) is 0 Å². The lowest BCUT2D eigenvalue weighted by Gasteiger charge is -2.38. The Kier molecular flexibility index (Phi) is 3.03. The molecule has 0 spiro atoms. The first kappa shape index (κ1) is 9.88. The quantitative estimate of drug-likeness (QED) is 0.302. The molecule has 12 heavy (non-hydrogen) atoms. The van der Waals surface area contributed by atoms with Crippen LogP contribution in [0.25, 0.3) is 0 Å². The van der Waals surface area contributed by atoms with Gasteiger partial charge in [0.15, 0.2) is 0 Å². The van der Waals surface area contributed by atoms with Gasteiger partial charge in [0.05, 0.1) is 24.4 Å². The molecule has 5 heteroatoms. The highest BCUT2D eigenvalue weighted by molar-refractivity contribution is 4.94. The van der Waals surface area contributed by atoms with E-state index >= 15 is 0 Å². The summed E-state index contributed by atoms with van der Waals surface area (Å²) in [6, 6.07) is -0.817. The molecule has 1 aliphatic rings. The van der Waals surface area contributed by atoms with E-state index in [1.54, 1.807) is 0 Å². The van der Waals surface area contributed by atoms with E-state index in [1.807, 2.05) is 0 Å². The van der Waals surface area contributed by atoms with Gasteiger partial charge in [0, 0.05) is 12.5 Å². The van der Waals surface area contributed by atoms with Crippen LogP contribution in [0.1, 0.15) is 6.42 Å². The molecule has 0 amide bonds. The number of aliphatic hydroxyl groups is 4. The smallest absolute Gasteiger partial charge is 0.0978 e. The van der Waals surface area contributed by atoms with E-state index < -0.39 is 30.3 Å². The molecule has 1 saturated carbocycles. The monoisotopic (exact) mass is 177 g/mol. The fourth-order valence-corrected chi connectivity index (χ4v) is 1.52. The van der Waals surface area contributed by atoms with E-state index in [0.717, 1.165) is 0 Å². The van der Waals surface area contributed by atoms with Gasteiger partial charge in [-0.3, -0.25) is 0 Å². The third kappa shape index (κ3) is 1.60. The topological polar surface area (TPSA) is 107 Å². The van der Waals surface area contributed by atoms with Crippen LogP contribution in [0.5, 0.6) is 0 Å². The average molecular weight is 177 g/mol. The molecule has 5 nitrogen and oxygen atoms in total. The van der Waals surface area contributed by atoms with Gasteiger partial charge >= 0.3 is 0 Å². The van der Waals surface area contributed by atoms with Crippen LogP contribution in [0.3, 0.4) is 0 Å². The molecule has 72 valence electrons. The maximum atomic E-state index is 9.32. The summed E-state index contributed by atoms with van der Waals surface area (Å²) in [6.07, 6.45) is -2.80. The number of aliphatic hydroxyl groups excluding tert-OH is 4. The Morgan fingerprint density at radius 1 is 1.17 bits per heavy atom. The van der Waals surface area contributed by atoms with E-state index in [9.17, 15) is 15.3 Å². The largest absolute Gasteiger partial charge is 0.396 e. The summed E-state index contributed by atoms with van der Waals surface area (Å²) in [5.74, 6) is -0.477. The van der Waals surface area contributed by atoms with Crippen LogP contribution in [0.2, 0.25) is 0 Å². The predicted molar refractivity (Wildman–Crippen MR) is 41.2 cm³/mol. The van der Waals surface area contributed by atoms with Crippen molar-refractivity contribution in [2.45, 2.75) is 30.8 Å². The second-order valence-corrected chi connectivity index (χ2v) is 3.30. The molecule has 5 atom stereocenters. The molecule has 0 heterocycles. The minimum absolute atomic E-state index is 0.232. The Balaban J connectivity index is 2.63. The van der Waals surface area contributed by atoms with Crippen molar-refractivity contribution < 1.29 is 20.4 Å². The van der Waals surface area contributed by atoms with Crippen molar-refractivity contribution >= 4 is 0 Å². The standard InChI is InChI=1S/C7H15NO4/c8-5-4(10)1-3(2-9)6(11)7(5)12/h3-7,9-12H,1-2,8H2/t3-,4-,5+,6-,7-/m1/s1. The SMILES string of the molecule is N[C@@H]1[C@@H](O)[C@H](O)[C@@H](CO)C[C@H]1O. The Labute approximate surface area is 70.4 Å². The zero-order valence-corrected chi connectivity index (χ0v) is 6.67. The zero-order valence-electron chi connectivity index (χ0n) is 6.67. The third-order valence-corrected chi connectivity index (χ3v) is 2.45. The minimum Gasteiger partial charge on any atom is -0.396 e. The number of hydrogen-bond donors (Lipinski definition) is 5. The minimum atomic E-state index is -1.15. The first-order valence-electron chi connectivity index (χ1n) is 3.98. The van der Waals surface area contributed by atoms with Gasteiger partial charge in [-0.05, 0) is 6.42 Å². The molecule has 1 fully saturated rings. The van der Waals surface area contributed by atoms with Crippen molar-refractivity contribution in [1.82, 2.24) is 0 Å². The van der Waals surface area contributed by atoms with Crippen LogP contribution in [-0.4, -0.2) is 51.4 Å². The lowest BCUT2D eigenvalue weighted by Crippen LogP contribution is -2.58. The van der Waals surface area contributed by atoms with Crippen molar-refractivity contribution in [2.75, 3.05) is 6.61 Å². The second-order valence-electron chi connectivity index (χ2n) is 3.30. The maximum absolute atomic E-state index is 9.32. The summed E-state index contributed by atoms with van der Waals surface area (Å²) in [4.78, 5) is 0. The molecule has 0 unspecified atom stereocenters. The molecule has 0 aromatic rings. The number of nitrogens with two attached hydrogens (primary N) is 1. The van der Waals surface area contributed by atoms with Gasteiger partial charge in [-0.1, -0.05) is 0 Å². The molecule has 0 aromatic carbocycles. The van der Waals surface area contributed by atoms with Gasteiger partial charge < -0.3 is 26.2 Å². The summed E-state index contributed by atoms with van der Waals surface area (Å²) in [5.41, 5.74) is 5.39. The van der Waals surface area contributed by atoms with E-state index in [0.29, 0.717) is 0 Å². The van der Waals surface area contributed by atoms with Crippen molar-refractivity contribution in [3.05, 3.63) is 0 Å². The number of hydrogen-bond acceptors (Lipinski definition) is 5. The van der Waals surface area contributed by atoms with E-state index in [2.05, 4.69) is 0 Å². The Hall–Kier alpha value is -0.200. The predicted octanol–water partition coefficient (Wildman–Crippen LogP) is -2.59. The van der Waals surface area contributed by atoms with Crippen molar-refractivity contribution in [3.63, 3.8) is 0 Å². The fraction of sp³-hybridized carbons (Fsp3) is 1.00. The molecule has 1 aliphatic carbocycles. The van der Waals surface area contributed by atoms with Crippen LogP contribution < -0.4 is 5.73 Å². The normalized spacial score (nSPS) is 49.2. The van der Waals surface area contributed by atoms with Crippen LogP contribution in [-0.2, 0) is 0 Å². The molecule has 1 rings (SSSR count). The fourth-order valence-electron chi connectivity index (χ4n) is 1.52. The van der Waals surface area contributed by atoms with Gasteiger partial charge in [0.2, 0.25) is 0 Å². The Bertz CT molecular complexity index is 150. The number of rotatable bonds is 1. The molecular formula is C7H15NO4. The third-order valence-electron chi connectivity index (χ3n) is 2.45. The van der Waals surface area contributed by atoms with Gasteiger partial charge in [0.1, 0.15) is 0 Å². The van der Waals surface area contributed by atoms with Crippen molar-refractivity contribution in [2.24, 2.45) is 11.7 Å². The van der Waals surface area contributed by atoms with Crippen LogP contribution in [0, 0.1) is 5.92 Å². The molecule has 0 bridgehead atoms. The lowest BCUT2D eigenvalue weighted by molar-refractivity contribution is -0.106. The van der Waals surface area contributed by atoms with Crippen LogP contribution >= 0.6 is 0 Å². The van der Waals surface area contributed by atoms with Gasteiger partial charge in [-0.2, -0.15) is 0 Å². The summed E-state index contributed by atoms with van der Waals surface area (Å²) >= 11 is 0. The van der Waals surface area contributed by atoms with E-state index in [-0.39, 0.29) is 13.0 Å². The molecule has 0 aliphatic heterocycles.